The van der Waals surface area contributed by atoms with E-state index in [1.807, 2.05) is 7.05 Å². The van der Waals surface area contributed by atoms with E-state index in [-0.39, 0.29) is 5.91 Å². The van der Waals surface area contributed by atoms with Crippen molar-refractivity contribution in [2.45, 2.75) is 25.3 Å². The van der Waals surface area contributed by atoms with Gasteiger partial charge in [0.1, 0.15) is 0 Å². The van der Waals surface area contributed by atoms with Crippen molar-refractivity contribution in [3.8, 4) is 0 Å². The van der Waals surface area contributed by atoms with Gasteiger partial charge in [-0.05, 0) is 12.8 Å². The Morgan fingerprint density at radius 2 is 2.47 bits per heavy atom. The van der Waals surface area contributed by atoms with Crippen LogP contribution in [0.2, 0.25) is 0 Å². The van der Waals surface area contributed by atoms with Crippen molar-refractivity contribution in [2.75, 3.05) is 11.9 Å². The van der Waals surface area contributed by atoms with Gasteiger partial charge in [-0.15, -0.1) is 0 Å². The Balaban J connectivity index is 1.67. The maximum Gasteiger partial charge on any atom is 0.225 e. The van der Waals surface area contributed by atoms with Crippen LogP contribution in [0.15, 0.2) is 12.4 Å². The lowest BCUT2D eigenvalue weighted by Gasteiger charge is -2.03. The SMILES string of the molecule is Cn1cc(NC(=O)CCNC2CC2)cn1. The highest BCUT2D eigenvalue weighted by atomic mass is 16.1. The van der Waals surface area contributed by atoms with Crippen LogP contribution in [-0.4, -0.2) is 28.3 Å². The van der Waals surface area contributed by atoms with Crippen LogP contribution in [0.1, 0.15) is 19.3 Å². The predicted molar refractivity (Wildman–Crippen MR) is 57.5 cm³/mol. The molecule has 0 aliphatic heterocycles. The van der Waals surface area contributed by atoms with E-state index in [4.69, 9.17) is 0 Å². The maximum atomic E-state index is 11.4. The summed E-state index contributed by atoms with van der Waals surface area (Å²) in [4.78, 5) is 11.4. The molecule has 5 heteroatoms. The molecule has 1 saturated carbocycles. The van der Waals surface area contributed by atoms with E-state index < -0.39 is 0 Å². The average molecular weight is 208 g/mol. The third-order valence-electron chi connectivity index (χ3n) is 2.35. The molecule has 2 rings (SSSR count). The Morgan fingerprint density at radius 1 is 1.67 bits per heavy atom. The molecule has 2 N–H and O–H groups in total. The number of rotatable bonds is 5. The highest BCUT2D eigenvalue weighted by Crippen LogP contribution is 2.18. The van der Waals surface area contributed by atoms with Crippen molar-refractivity contribution in [2.24, 2.45) is 7.05 Å². The first-order valence-corrected chi connectivity index (χ1v) is 5.26. The van der Waals surface area contributed by atoms with E-state index in [0.717, 1.165) is 12.2 Å². The van der Waals surface area contributed by atoms with Crippen molar-refractivity contribution < 1.29 is 4.79 Å². The second-order valence-electron chi connectivity index (χ2n) is 3.93. The van der Waals surface area contributed by atoms with Gasteiger partial charge in [-0.3, -0.25) is 9.48 Å². The van der Waals surface area contributed by atoms with Gasteiger partial charge in [0.25, 0.3) is 0 Å². The van der Waals surface area contributed by atoms with Gasteiger partial charge in [0.05, 0.1) is 11.9 Å². The highest BCUT2D eigenvalue weighted by Gasteiger charge is 2.20. The number of nitrogens with one attached hydrogen (secondary N) is 2. The first-order chi connectivity index (χ1) is 7.24. The lowest BCUT2D eigenvalue weighted by atomic mass is 10.4. The van der Waals surface area contributed by atoms with Crippen molar-refractivity contribution in [3.63, 3.8) is 0 Å². The average Bonchev–Trinajstić information content (AvgIpc) is 2.91. The van der Waals surface area contributed by atoms with E-state index in [9.17, 15) is 4.79 Å². The standard InChI is InChI=1S/C10H16N4O/c1-14-7-9(6-12-14)13-10(15)4-5-11-8-2-3-8/h6-8,11H,2-5H2,1H3,(H,13,15). The lowest BCUT2D eigenvalue weighted by Crippen LogP contribution is -2.23. The van der Waals surface area contributed by atoms with Crippen LogP contribution in [0, 0.1) is 0 Å². The number of nitrogens with zero attached hydrogens (tertiary/aromatic N) is 2. The molecule has 0 saturated heterocycles. The van der Waals surface area contributed by atoms with Gasteiger partial charge in [0.2, 0.25) is 5.91 Å². The second kappa shape index (κ2) is 4.44. The topological polar surface area (TPSA) is 59.0 Å². The minimum Gasteiger partial charge on any atom is -0.323 e. The first kappa shape index (κ1) is 10.2. The maximum absolute atomic E-state index is 11.4. The zero-order valence-corrected chi connectivity index (χ0v) is 8.86. The minimum absolute atomic E-state index is 0.0381. The number of carbonyl (C=O) groups excluding carboxylic acids is 1. The van der Waals surface area contributed by atoms with Gasteiger partial charge in [-0.2, -0.15) is 5.10 Å². The molecule has 15 heavy (non-hydrogen) atoms. The number of aryl methyl sites for hydroxylation is 1. The normalized spacial score (nSPS) is 15.3. The molecule has 0 atom stereocenters. The summed E-state index contributed by atoms with van der Waals surface area (Å²) in [5.74, 6) is 0.0381. The Hall–Kier alpha value is -1.36. The van der Waals surface area contributed by atoms with Gasteiger partial charge in [-0.1, -0.05) is 0 Å². The Kier molecular flexibility index (Phi) is 3.01. The molecule has 5 nitrogen and oxygen atoms in total. The van der Waals surface area contributed by atoms with Crippen LogP contribution in [0.3, 0.4) is 0 Å². The molecule has 82 valence electrons. The van der Waals surface area contributed by atoms with Gasteiger partial charge in [0.15, 0.2) is 0 Å². The van der Waals surface area contributed by atoms with E-state index in [2.05, 4.69) is 15.7 Å². The fraction of sp³-hybridized carbons (Fsp3) is 0.600. The van der Waals surface area contributed by atoms with E-state index in [1.54, 1.807) is 17.1 Å². The lowest BCUT2D eigenvalue weighted by molar-refractivity contribution is -0.116. The van der Waals surface area contributed by atoms with Crippen molar-refractivity contribution in [1.29, 1.82) is 0 Å². The second-order valence-corrected chi connectivity index (χ2v) is 3.93. The number of hydrogen-bond acceptors (Lipinski definition) is 3. The molecule has 1 aromatic heterocycles. The third-order valence-corrected chi connectivity index (χ3v) is 2.35. The van der Waals surface area contributed by atoms with E-state index in [1.165, 1.54) is 12.8 Å². The van der Waals surface area contributed by atoms with Gasteiger partial charge < -0.3 is 10.6 Å². The molecule has 1 aliphatic rings. The number of anilines is 1. The minimum atomic E-state index is 0.0381. The van der Waals surface area contributed by atoms with Crippen LogP contribution in [0.4, 0.5) is 5.69 Å². The van der Waals surface area contributed by atoms with Crippen LogP contribution in [0.25, 0.3) is 0 Å². The highest BCUT2D eigenvalue weighted by molar-refractivity contribution is 5.90. The largest absolute Gasteiger partial charge is 0.323 e. The Bertz CT molecular complexity index is 343. The van der Waals surface area contributed by atoms with Gasteiger partial charge in [-0.25, -0.2) is 0 Å². The number of hydrogen-bond donors (Lipinski definition) is 2. The quantitative estimate of drug-likeness (QED) is 0.741. The molecule has 1 heterocycles. The smallest absolute Gasteiger partial charge is 0.225 e. The monoisotopic (exact) mass is 208 g/mol. The van der Waals surface area contributed by atoms with E-state index in [0.29, 0.717) is 12.5 Å². The number of aromatic nitrogens is 2. The van der Waals surface area contributed by atoms with Gasteiger partial charge in [0, 0.05) is 32.3 Å². The number of carbonyl (C=O) groups is 1. The Morgan fingerprint density at radius 3 is 3.07 bits per heavy atom. The third kappa shape index (κ3) is 3.36. The Labute approximate surface area is 88.8 Å². The molecule has 0 spiro atoms. The summed E-state index contributed by atoms with van der Waals surface area (Å²) in [7, 11) is 1.82. The summed E-state index contributed by atoms with van der Waals surface area (Å²) in [5.41, 5.74) is 0.758. The van der Waals surface area contributed by atoms with Crippen molar-refractivity contribution >= 4 is 11.6 Å². The molecular formula is C10H16N4O. The fourth-order valence-electron chi connectivity index (χ4n) is 1.39. The molecule has 0 aromatic carbocycles. The summed E-state index contributed by atoms with van der Waals surface area (Å²) >= 11 is 0. The van der Waals surface area contributed by atoms with Crippen molar-refractivity contribution in [1.82, 2.24) is 15.1 Å². The van der Waals surface area contributed by atoms with Gasteiger partial charge >= 0.3 is 0 Å². The van der Waals surface area contributed by atoms with Crippen LogP contribution >= 0.6 is 0 Å². The summed E-state index contributed by atoms with van der Waals surface area (Å²) in [6.07, 6.45) is 6.46. The van der Waals surface area contributed by atoms with Crippen LogP contribution in [-0.2, 0) is 11.8 Å². The summed E-state index contributed by atoms with van der Waals surface area (Å²) in [6, 6.07) is 0.663. The zero-order valence-electron chi connectivity index (χ0n) is 8.86. The molecule has 0 radical (unpaired) electrons. The molecule has 1 amide bonds. The molecule has 1 fully saturated rings. The van der Waals surface area contributed by atoms with E-state index >= 15 is 0 Å². The summed E-state index contributed by atoms with van der Waals surface area (Å²) < 4.78 is 1.66. The molecule has 0 unspecified atom stereocenters. The summed E-state index contributed by atoms with van der Waals surface area (Å²) in [5, 5.41) is 10.1. The number of amides is 1. The van der Waals surface area contributed by atoms with Crippen LogP contribution in [0.5, 0.6) is 0 Å². The first-order valence-electron chi connectivity index (χ1n) is 5.26. The molecule has 1 aliphatic carbocycles. The van der Waals surface area contributed by atoms with Crippen LogP contribution < -0.4 is 10.6 Å². The molecule has 0 bridgehead atoms. The summed E-state index contributed by atoms with van der Waals surface area (Å²) in [6.45, 7) is 0.761. The zero-order chi connectivity index (χ0) is 10.7. The fourth-order valence-corrected chi connectivity index (χ4v) is 1.39. The molecular weight excluding hydrogens is 192 g/mol. The predicted octanol–water partition coefficient (Wildman–Crippen LogP) is 0.501. The molecule has 1 aromatic rings. The van der Waals surface area contributed by atoms with Crippen molar-refractivity contribution in [3.05, 3.63) is 12.4 Å².